The van der Waals surface area contributed by atoms with E-state index >= 15 is 0 Å². The highest BCUT2D eigenvalue weighted by atomic mass is 32.2. The number of aliphatic hydroxyl groups excluding tert-OH is 1. The SMILES string of the molecule is C=CCOc1ccccc1C(=O)N1CCN([C@@H]2CS(=O)(=O)C[C@H]2O)CC1. The van der Waals surface area contributed by atoms with Gasteiger partial charge in [-0.2, -0.15) is 0 Å². The van der Waals surface area contributed by atoms with Gasteiger partial charge >= 0.3 is 0 Å². The molecule has 26 heavy (non-hydrogen) atoms. The highest BCUT2D eigenvalue weighted by Crippen LogP contribution is 2.23. The van der Waals surface area contributed by atoms with Gasteiger partial charge in [0.1, 0.15) is 12.4 Å². The lowest BCUT2D eigenvalue weighted by molar-refractivity contribution is 0.0375. The monoisotopic (exact) mass is 380 g/mol. The predicted octanol–water partition coefficient (Wildman–Crippen LogP) is 0.167. The molecule has 2 saturated heterocycles. The van der Waals surface area contributed by atoms with Crippen molar-refractivity contribution in [1.29, 1.82) is 0 Å². The van der Waals surface area contributed by atoms with Crippen LogP contribution in [0, 0.1) is 0 Å². The van der Waals surface area contributed by atoms with E-state index in [9.17, 15) is 18.3 Å². The number of para-hydroxylation sites is 1. The summed E-state index contributed by atoms with van der Waals surface area (Å²) in [4.78, 5) is 16.5. The second-order valence-corrected chi connectivity index (χ2v) is 8.79. The quantitative estimate of drug-likeness (QED) is 0.733. The van der Waals surface area contributed by atoms with Crippen LogP contribution in [0.5, 0.6) is 5.75 Å². The van der Waals surface area contributed by atoms with Crippen molar-refractivity contribution in [2.45, 2.75) is 12.1 Å². The van der Waals surface area contributed by atoms with E-state index in [-0.39, 0.29) is 23.5 Å². The summed E-state index contributed by atoms with van der Waals surface area (Å²) in [6, 6.07) is 6.73. The third-order valence-electron chi connectivity index (χ3n) is 4.84. The second kappa shape index (κ2) is 7.77. The normalized spacial score (nSPS) is 25.8. The van der Waals surface area contributed by atoms with Gasteiger partial charge in [-0.25, -0.2) is 8.42 Å². The first kappa shape index (κ1) is 18.9. The zero-order valence-electron chi connectivity index (χ0n) is 14.6. The molecule has 0 spiro atoms. The zero-order chi connectivity index (χ0) is 18.7. The Balaban J connectivity index is 1.63. The van der Waals surface area contributed by atoms with E-state index in [1.807, 2.05) is 11.0 Å². The molecule has 1 amide bonds. The molecule has 2 atom stereocenters. The van der Waals surface area contributed by atoms with Gasteiger partial charge in [0.25, 0.3) is 5.91 Å². The number of aliphatic hydroxyl groups is 1. The predicted molar refractivity (Wildman–Crippen MR) is 98.1 cm³/mol. The highest BCUT2D eigenvalue weighted by Gasteiger charge is 2.41. The topological polar surface area (TPSA) is 87.2 Å². The standard InChI is InChI=1S/C18H24N2O5S/c1-2-11-25-17-6-4-3-5-14(17)18(22)20-9-7-19(8-10-20)15-12-26(23,24)13-16(15)21/h2-6,15-16,21H,1,7-13H2/t15-,16-/m1/s1. The molecule has 3 rings (SSSR count). The molecule has 2 aliphatic rings. The molecule has 0 unspecified atom stereocenters. The first-order valence-corrected chi connectivity index (χ1v) is 10.5. The summed E-state index contributed by atoms with van der Waals surface area (Å²) in [5.74, 6) is 0.228. The fourth-order valence-electron chi connectivity index (χ4n) is 3.50. The molecule has 7 nitrogen and oxygen atoms in total. The summed E-state index contributed by atoms with van der Waals surface area (Å²) < 4.78 is 29.0. The van der Waals surface area contributed by atoms with E-state index in [0.29, 0.717) is 44.1 Å². The lowest BCUT2D eigenvalue weighted by Crippen LogP contribution is -2.54. The van der Waals surface area contributed by atoms with Crippen molar-refractivity contribution in [1.82, 2.24) is 9.80 Å². The molecular formula is C18H24N2O5S. The Hall–Kier alpha value is -1.90. The van der Waals surface area contributed by atoms with E-state index in [1.54, 1.807) is 29.2 Å². The Bertz CT molecular complexity index is 772. The van der Waals surface area contributed by atoms with Gasteiger partial charge < -0.3 is 14.7 Å². The molecule has 8 heteroatoms. The highest BCUT2D eigenvalue weighted by molar-refractivity contribution is 7.91. The molecular weight excluding hydrogens is 356 g/mol. The Morgan fingerprint density at radius 3 is 2.54 bits per heavy atom. The van der Waals surface area contributed by atoms with Crippen LogP contribution < -0.4 is 4.74 Å². The number of piperazine rings is 1. The third kappa shape index (κ3) is 4.08. The maximum Gasteiger partial charge on any atom is 0.257 e. The minimum atomic E-state index is -3.18. The van der Waals surface area contributed by atoms with E-state index in [4.69, 9.17) is 4.74 Å². The van der Waals surface area contributed by atoms with Crippen LogP contribution in [-0.2, 0) is 9.84 Å². The summed E-state index contributed by atoms with van der Waals surface area (Å²) in [6.07, 6.45) is 0.774. The number of carbonyl (C=O) groups is 1. The molecule has 0 bridgehead atoms. The van der Waals surface area contributed by atoms with Crippen LogP contribution >= 0.6 is 0 Å². The van der Waals surface area contributed by atoms with Crippen LogP contribution in [-0.4, -0.2) is 85.7 Å². The fourth-order valence-corrected chi connectivity index (χ4v) is 5.34. The Morgan fingerprint density at radius 2 is 1.92 bits per heavy atom. The minimum Gasteiger partial charge on any atom is -0.489 e. The lowest BCUT2D eigenvalue weighted by Gasteiger charge is -2.38. The molecule has 0 saturated carbocycles. The van der Waals surface area contributed by atoms with Gasteiger partial charge in [-0.3, -0.25) is 9.69 Å². The molecule has 0 aromatic heterocycles. The Labute approximate surface area is 153 Å². The van der Waals surface area contributed by atoms with Crippen molar-refractivity contribution in [2.24, 2.45) is 0 Å². The number of rotatable bonds is 5. The van der Waals surface area contributed by atoms with Crippen LogP contribution in [0.3, 0.4) is 0 Å². The molecule has 1 aromatic rings. The molecule has 1 N–H and O–H groups in total. The van der Waals surface area contributed by atoms with Crippen molar-refractivity contribution < 1.29 is 23.1 Å². The average Bonchev–Trinajstić information content (AvgIpc) is 2.92. The smallest absolute Gasteiger partial charge is 0.257 e. The van der Waals surface area contributed by atoms with Crippen molar-refractivity contribution in [3.05, 3.63) is 42.5 Å². The van der Waals surface area contributed by atoms with Crippen LogP contribution in [0.15, 0.2) is 36.9 Å². The number of hydrogen-bond donors (Lipinski definition) is 1. The molecule has 0 radical (unpaired) electrons. The summed E-state index contributed by atoms with van der Waals surface area (Å²) in [5.41, 5.74) is 0.506. The molecule has 2 heterocycles. The van der Waals surface area contributed by atoms with Gasteiger partial charge in [0, 0.05) is 26.2 Å². The lowest BCUT2D eigenvalue weighted by atomic mass is 10.1. The minimum absolute atomic E-state index is 0.0136. The first-order chi connectivity index (χ1) is 12.4. The van der Waals surface area contributed by atoms with Crippen LogP contribution in [0.1, 0.15) is 10.4 Å². The summed E-state index contributed by atoms with van der Waals surface area (Å²) in [7, 11) is -3.18. The molecule has 2 aliphatic heterocycles. The van der Waals surface area contributed by atoms with Crippen molar-refractivity contribution in [2.75, 3.05) is 44.3 Å². The first-order valence-electron chi connectivity index (χ1n) is 8.66. The van der Waals surface area contributed by atoms with E-state index in [0.717, 1.165) is 0 Å². The van der Waals surface area contributed by atoms with Crippen LogP contribution in [0.4, 0.5) is 0 Å². The molecule has 2 fully saturated rings. The zero-order valence-corrected chi connectivity index (χ0v) is 15.4. The Kier molecular flexibility index (Phi) is 5.64. The molecule has 0 aliphatic carbocycles. The van der Waals surface area contributed by atoms with Gasteiger partial charge in [0.15, 0.2) is 9.84 Å². The van der Waals surface area contributed by atoms with Crippen molar-refractivity contribution in [3.8, 4) is 5.75 Å². The van der Waals surface area contributed by atoms with Gasteiger partial charge in [-0.15, -0.1) is 0 Å². The van der Waals surface area contributed by atoms with Crippen molar-refractivity contribution in [3.63, 3.8) is 0 Å². The summed E-state index contributed by atoms with van der Waals surface area (Å²) >= 11 is 0. The van der Waals surface area contributed by atoms with E-state index in [1.165, 1.54) is 0 Å². The number of nitrogens with zero attached hydrogens (tertiary/aromatic N) is 2. The van der Waals surface area contributed by atoms with Crippen molar-refractivity contribution >= 4 is 15.7 Å². The van der Waals surface area contributed by atoms with Gasteiger partial charge in [0.2, 0.25) is 0 Å². The third-order valence-corrected chi connectivity index (χ3v) is 6.54. The maximum atomic E-state index is 12.8. The number of carbonyl (C=O) groups excluding carboxylic acids is 1. The Morgan fingerprint density at radius 1 is 1.23 bits per heavy atom. The largest absolute Gasteiger partial charge is 0.489 e. The van der Waals surface area contributed by atoms with Crippen LogP contribution in [0.25, 0.3) is 0 Å². The average molecular weight is 380 g/mol. The molecule has 1 aromatic carbocycles. The van der Waals surface area contributed by atoms with Gasteiger partial charge in [-0.1, -0.05) is 24.8 Å². The van der Waals surface area contributed by atoms with E-state index in [2.05, 4.69) is 6.58 Å². The van der Waals surface area contributed by atoms with Gasteiger partial charge in [0.05, 0.1) is 29.2 Å². The second-order valence-electron chi connectivity index (χ2n) is 6.64. The molecule has 142 valence electrons. The number of hydrogen-bond acceptors (Lipinski definition) is 6. The number of sulfone groups is 1. The van der Waals surface area contributed by atoms with E-state index < -0.39 is 15.9 Å². The van der Waals surface area contributed by atoms with Crippen LogP contribution in [0.2, 0.25) is 0 Å². The summed E-state index contributed by atoms with van der Waals surface area (Å²) in [6.45, 7) is 5.99. The number of ether oxygens (including phenoxy) is 1. The van der Waals surface area contributed by atoms with Gasteiger partial charge in [-0.05, 0) is 12.1 Å². The fraction of sp³-hybridized carbons (Fsp3) is 0.500. The number of amides is 1. The number of benzene rings is 1. The maximum absolute atomic E-state index is 12.8. The summed E-state index contributed by atoms with van der Waals surface area (Å²) in [5, 5.41) is 10.0.